The fourth-order valence-electron chi connectivity index (χ4n) is 3.15. The van der Waals surface area contributed by atoms with E-state index in [-0.39, 0.29) is 0 Å². The molecule has 0 bridgehead atoms. The minimum atomic E-state index is -0.484. The molecule has 0 saturated carbocycles. The first kappa shape index (κ1) is 15.4. The number of ether oxygens (including phenoxy) is 1. The Balaban J connectivity index is 1.48. The molecule has 0 fully saturated rings. The van der Waals surface area contributed by atoms with Gasteiger partial charge in [-0.3, -0.25) is 9.59 Å². The van der Waals surface area contributed by atoms with E-state index in [2.05, 4.69) is 0 Å². The highest BCUT2D eigenvalue weighted by atomic mass is 16.5. The average molecular weight is 331 g/mol. The van der Waals surface area contributed by atoms with Crippen molar-refractivity contribution in [1.82, 2.24) is 0 Å². The monoisotopic (exact) mass is 331 g/mol. The molecule has 0 N–H and O–H groups in total. The van der Waals surface area contributed by atoms with Gasteiger partial charge in [0, 0.05) is 0 Å². The number of rotatable bonds is 4. The Kier molecular flexibility index (Phi) is 3.73. The molecule has 0 spiro atoms. The normalized spacial score (nSPS) is 13.4. The second-order valence-electron chi connectivity index (χ2n) is 6.16. The Hall–Kier alpha value is -3.14. The quantitative estimate of drug-likeness (QED) is 0.684. The maximum atomic E-state index is 12.2. The molecule has 4 nitrogen and oxygen atoms in total. The van der Waals surface area contributed by atoms with E-state index >= 15 is 0 Å². The molecule has 3 aromatic carbocycles. The molecule has 4 rings (SSSR count). The lowest BCUT2D eigenvalue weighted by Gasteiger charge is -2.17. The maximum absolute atomic E-state index is 12.2. The molecule has 1 aliphatic rings. The fraction of sp³-hybridized carbons (Fsp3) is 0.143. The molecule has 0 unspecified atom stereocenters. The Morgan fingerprint density at radius 2 is 1.72 bits per heavy atom. The SMILES string of the molecule is Cc1ccc2c(c1)C(=O)C(=O)N2CCOc1ccc2ccccc2c1. The van der Waals surface area contributed by atoms with Crippen molar-refractivity contribution < 1.29 is 14.3 Å². The Morgan fingerprint density at radius 3 is 2.56 bits per heavy atom. The van der Waals surface area contributed by atoms with Crippen LogP contribution in [0, 0.1) is 6.92 Å². The molecular weight excluding hydrogens is 314 g/mol. The molecule has 0 aliphatic carbocycles. The Morgan fingerprint density at radius 1 is 0.920 bits per heavy atom. The van der Waals surface area contributed by atoms with E-state index in [0.717, 1.165) is 22.1 Å². The Bertz CT molecular complexity index is 993. The molecule has 1 aliphatic heterocycles. The number of nitrogens with zero attached hydrogens (tertiary/aromatic N) is 1. The first-order valence-corrected chi connectivity index (χ1v) is 8.22. The minimum Gasteiger partial charge on any atom is -0.492 e. The average Bonchev–Trinajstić information content (AvgIpc) is 2.86. The van der Waals surface area contributed by atoms with Crippen molar-refractivity contribution in [3.05, 3.63) is 71.8 Å². The van der Waals surface area contributed by atoms with Crippen LogP contribution >= 0.6 is 0 Å². The van der Waals surface area contributed by atoms with Crippen molar-refractivity contribution in [1.29, 1.82) is 0 Å². The van der Waals surface area contributed by atoms with Crippen molar-refractivity contribution in [3.8, 4) is 5.75 Å². The van der Waals surface area contributed by atoms with Gasteiger partial charge in [0.25, 0.3) is 11.7 Å². The number of carbonyl (C=O) groups excluding carboxylic acids is 2. The maximum Gasteiger partial charge on any atom is 0.299 e. The number of anilines is 1. The highest BCUT2D eigenvalue weighted by Crippen LogP contribution is 2.29. The number of fused-ring (bicyclic) bond motifs is 2. The second-order valence-corrected chi connectivity index (χ2v) is 6.16. The van der Waals surface area contributed by atoms with Crippen molar-refractivity contribution in [2.45, 2.75) is 6.92 Å². The summed E-state index contributed by atoms with van der Waals surface area (Å²) < 4.78 is 5.79. The van der Waals surface area contributed by atoms with Gasteiger partial charge in [-0.2, -0.15) is 0 Å². The van der Waals surface area contributed by atoms with Gasteiger partial charge < -0.3 is 9.64 Å². The highest BCUT2D eigenvalue weighted by molar-refractivity contribution is 6.52. The topological polar surface area (TPSA) is 46.6 Å². The molecule has 4 heteroatoms. The zero-order chi connectivity index (χ0) is 17.4. The molecule has 0 atom stereocenters. The lowest BCUT2D eigenvalue weighted by molar-refractivity contribution is -0.114. The number of Topliss-reactive ketones (excluding diaryl/α,β-unsaturated/α-hetero) is 1. The molecule has 124 valence electrons. The van der Waals surface area contributed by atoms with Gasteiger partial charge in [0.05, 0.1) is 17.8 Å². The van der Waals surface area contributed by atoms with Gasteiger partial charge in [-0.15, -0.1) is 0 Å². The molecule has 1 amide bonds. The fourth-order valence-corrected chi connectivity index (χ4v) is 3.15. The standard InChI is InChI=1S/C21H17NO3/c1-14-6-9-19-18(12-14)20(23)21(24)22(19)10-11-25-17-8-7-15-4-2-3-5-16(15)13-17/h2-9,12-13H,10-11H2,1H3. The summed E-state index contributed by atoms with van der Waals surface area (Å²) in [6, 6.07) is 19.5. The number of benzene rings is 3. The van der Waals surface area contributed by atoms with Crippen LogP contribution in [0.1, 0.15) is 15.9 Å². The predicted octanol–water partition coefficient (Wildman–Crippen LogP) is 3.76. The van der Waals surface area contributed by atoms with Crippen LogP contribution in [-0.2, 0) is 4.79 Å². The van der Waals surface area contributed by atoms with E-state index in [4.69, 9.17) is 4.74 Å². The minimum absolute atomic E-state index is 0.324. The van der Waals surface area contributed by atoms with Gasteiger partial charge in [-0.05, 0) is 42.0 Å². The van der Waals surface area contributed by atoms with Crippen molar-refractivity contribution in [2.75, 3.05) is 18.1 Å². The summed E-state index contributed by atoms with van der Waals surface area (Å²) in [7, 11) is 0. The first-order valence-electron chi connectivity index (χ1n) is 8.22. The van der Waals surface area contributed by atoms with Crippen LogP contribution in [-0.4, -0.2) is 24.8 Å². The van der Waals surface area contributed by atoms with E-state index in [1.165, 1.54) is 4.90 Å². The molecule has 0 radical (unpaired) electrons. The summed E-state index contributed by atoms with van der Waals surface area (Å²) in [6.07, 6.45) is 0. The van der Waals surface area contributed by atoms with Gasteiger partial charge >= 0.3 is 0 Å². The lowest BCUT2D eigenvalue weighted by Crippen LogP contribution is -2.33. The van der Waals surface area contributed by atoms with Gasteiger partial charge in [0.1, 0.15) is 12.4 Å². The van der Waals surface area contributed by atoms with Crippen LogP contribution < -0.4 is 9.64 Å². The van der Waals surface area contributed by atoms with Crippen LogP contribution in [0.25, 0.3) is 10.8 Å². The van der Waals surface area contributed by atoms with Crippen LogP contribution in [0.3, 0.4) is 0 Å². The summed E-state index contributed by atoms with van der Waals surface area (Å²) in [6.45, 7) is 2.57. The summed E-state index contributed by atoms with van der Waals surface area (Å²) in [5.74, 6) is -0.173. The van der Waals surface area contributed by atoms with Crippen molar-refractivity contribution in [3.63, 3.8) is 0 Å². The zero-order valence-corrected chi connectivity index (χ0v) is 13.9. The van der Waals surface area contributed by atoms with Crippen LogP contribution in [0.2, 0.25) is 0 Å². The highest BCUT2D eigenvalue weighted by Gasteiger charge is 2.35. The lowest BCUT2D eigenvalue weighted by atomic mass is 10.1. The van der Waals surface area contributed by atoms with E-state index < -0.39 is 11.7 Å². The van der Waals surface area contributed by atoms with Crippen molar-refractivity contribution >= 4 is 28.2 Å². The first-order chi connectivity index (χ1) is 12.1. The number of carbonyl (C=O) groups is 2. The summed E-state index contributed by atoms with van der Waals surface area (Å²) in [5, 5.41) is 2.26. The molecular formula is C21H17NO3. The van der Waals surface area contributed by atoms with Crippen LogP contribution in [0.15, 0.2) is 60.7 Å². The summed E-state index contributed by atoms with van der Waals surface area (Å²) >= 11 is 0. The second kappa shape index (κ2) is 6.06. The predicted molar refractivity (Wildman–Crippen MR) is 97.3 cm³/mol. The smallest absolute Gasteiger partial charge is 0.299 e. The number of aryl methyl sites for hydroxylation is 1. The molecule has 1 heterocycles. The van der Waals surface area contributed by atoms with Gasteiger partial charge in [0.15, 0.2) is 0 Å². The number of hydrogen-bond donors (Lipinski definition) is 0. The third-order valence-corrected chi connectivity index (χ3v) is 4.43. The van der Waals surface area contributed by atoms with Crippen molar-refractivity contribution in [2.24, 2.45) is 0 Å². The number of amides is 1. The zero-order valence-electron chi connectivity index (χ0n) is 13.9. The van der Waals surface area contributed by atoms with Crippen LogP contribution in [0.5, 0.6) is 5.75 Å². The van der Waals surface area contributed by atoms with E-state index in [1.807, 2.05) is 61.5 Å². The van der Waals surface area contributed by atoms with Crippen LogP contribution in [0.4, 0.5) is 5.69 Å². The Labute approximate surface area is 145 Å². The van der Waals surface area contributed by atoms with E-state index in [1.54, 1.807) is 6.07 Å². The van der Waals surface area contributed by atoms with Gasteiger partial charge in [-0.25, -0.2) is 0 Å². The van der Waals surface area contributed by atoms with Gasteiger partial charge in [-0.1, -0.05) is 42.0 Å². The largest absolute Gasteiger partial charge is 0.492 e. The third kappa shape index (κ3) is 2.76. The molecule has 25 heavy (non-hydrogen) atoms. The number of hydrogen-bond acceptors (Lipinski definition) is 3. The molecule has 0 saturated heterocycles. The molecule has 0 aromatic heterocycles. The van der Waals surface area contributed by atoms with E-state index in [9.17, 15) is 9.59 Å². The summed E-state index contributed by atoms with van der Waals surface area (Å²) in [5.41, 5.74) is 2.12. The number of ketones is 1. The molecule has 3 aromatic rings. The van der Waals surface area contributed by atoms with E-state index in [0.29, 0.717) is 24.4 Å². The van der Waals surface area contributed by atoms with Gasteiger partial charge in [0.2, 0.25) is 0 Å². The summed E-state index contributed by atoms with van der Waals surface area (Å²) in [4.78, 5) is 25.8. The third-order valence-electron chi connectivity index (χ3n) is 4.43.